The number of imide groups is 1. The van der Waals surface area contributed by atoms with Crippen molar-refractivity contribution in [2.75, 3.05) is 0 Å². The van der Waals surface area contributed by atoms with Crippen molar-refractivity contribution >= 4 is 11.9 Å². The maximum atomic E-state index is 13.0. The van der Waals surface area contributed by atoms with Crippen molar-refractivity contribution in [3.05, 3.63) is 70.5 Å². The predicted molar refractivity (Wildman–Crippen MR) is 91.3 cm³/mol. The zero-order chi connectivity index (χ0) is 17.6. The Hall–Kier alpha value is -2.69. The van der Waals surface area contributed by atoms with Crippen LogP contribution < -0.4 is 5.32 Å². The van der Waals surface area contributed by atoms with Gasteiger partial charge in [0.2, 0.25) is 0 Å². The van der Waals surface area contributed by atoms with Crippen LogP contribution in [0.5, 0.6) is 0 Å². The lowest BCUT2D eigenvalue weighted by atomic mass is 9.89. The molecule has 1 aliphatic heterocycles. The van der Waals surface area contributed by atoms with E-state index in [0.717, 1.165) is 24.8 Å². The fourth-order valence-electron chi connectivity index (χ4n) is 3.69. The van der Waals surface area contributed by atoms with Crippen molar-refractivity contribution in [2.45, 2.75) is 38.3 Å². The van der Waals surface area contributed by atoms with Gasteiger partial charge in [-0.2, -0.15) is 0 Å². The quantitative estimate of drug-likeness (QED) is 0.873. The van der Waals surface area contributed by atoms with Gasteiger partial charge in [-0.1, -0.05) is 30.3 Å². The van der Waals surface area contributed by atoms with Crippen LogP contribution in [0.3, 0.4) is 0 Å². The molecule has 1 fully saturated rings. The monoisotopic (exact) mass is 338 g/mol. The molecule has 5 heteroatoms. The van der Waals surface area contributed by atoms with E-state index in [1.54, 1.807) is 19.1 Å². The van der Waals surface area contributed by atoms with Crippen molar-refractivity contribution in [1.29, 1.82) is 0 Å². The molecule has 25 heavy (non-hydrogen) atoms. The molecule has 1 N–H and O–H groups in total. The zero-order valence-electron chi connectivity index (χ0n) is 14.0. The fourth-order valence-corrected chi connectivity index (χ4v) is 3.69. The van der Waals surface area contributed by atoms with Crippen LogP contribution in [-0.4, -0.2) is 16.8 Å². The molecule has 4 nitrogen and oxygen atoms in total. The average molecular weight is 338 g/mol. The summed E-state index contributed by atoms with van der Waals surface area (Å²) in [6.07, 6.45) is 3.22. The first-order chi connectivity index (χ1) is 12.0. The van der Waals surface area contributed by atoms with Crippen molar-refractivity contribution in [1.82, 2.24) is 10.2 Å². The van der Waals surface area contributed by atoms with Crippen LogP contribution in [0.2, 0.25) is 0 Å². The Labute approximate surface area is 145 Å². The molecule has 128 valence electrons. The number of amides is 3. The molecule has 1 heterocycles. The van der Waals surface area contributed by atoms with Crippen LogP contribution in [0.1, 0.15) is 35.6 Å². The van der Waals surface area contributed by atoms with E-state index >= 15 is 0 Å². The standard InChI is InChI=1S/C20H19FN2O2/c1-20(16-8-7-14-3-2-4-15(14)11-16)18(24)23(19(25)22-20)12-13-5-9-17(21)10-6-13/h5-11H,2-4,12H2,1H3,(H,22,25)/t20-/m0/s1. The summed E-state index contributed by atoms with van der Waals surface area (Å²) in [5, 5.41) is 2.83. The van der Waals surface area contributed by atoms with Crippen LogP contribution >= 0.6 is 0 Å². The third-order valence-corrected chi connectivity index (χ3v) is 5.20. The second-order valence-corrected chi connectivity index (χ2v) is 6.91. The second kappa shape index (κ2) is 5.69. The Morgan fingerprint density at radius 3 is 2.56 bits per heavy atom. The summed E-state index contributed by atoms with van der Waals surface area (Å²) in [6, 6.07) is 11.4. The van der Waals surface area contributed by atoms with Crippen molar-refractivity contribution in [2.24, 2.45) is 0 Å². The largest absolute Gasteiger partial charge is 0.325 e. The van der Waals surface area contributed by atoms with E-state index in [9.17, 15) is 14.0 Å². The second-order valence-electron chi connectivity index (χ2n) is 6.91. The normalized spacial score (nSPS) is 22.2. The molecule has 0 saturated carbocycles. The number of fused-ring (bicyclic) bond motifs is 1. The maximum Gasteiger partial charge on any atom is 0.325 e. The van der Waals surface area contributed by atoms with E-state index in [1.165, 1.54) is 28.2 Å². The number of nitrogens with one attached hydrogen (secondary N) is 1. The van der Waals surface area contributed by atoms with Crippen LogP contribution in [0.25, 0.3) is 0 Å². The van der Waals surface area contributed by atoms with E-state index in [2.05, 4.69) is 11.4 Å². The Kier molecular flexibility index (Phi) is 3.60. The SMILES string of the molecule is C[C@@]1(c2ccc3c(c2)CCC3)NC(=O)N(Cc2ccc(F)cc2)C1=O. The van der Waals surface area contributed by atoms with Crippen molar-refractivity contribution in [3.8, 4) is 0 Å². The number of rotatable bonds is 3. The highest BCUT2D eigenvalue weighted by Gasteiger charge is 2.49. The molecule has 0 unspecified atom stereocenters. The molecule has 1 atom stereocenters. The Bertz CT molecular complexity index is 862. The number of hydrogen-bond donors (Lipinski definition) is 1. The van der Waals surface area contributed by atoms with Gasteiger partial charge in [-0.05, 0) is 60.6 Å². The van der Waals surface area contributed by atoms with Gasteiger partial charge < -0.3 is 5.32 Å². The molecular weight excluding hydrogens is 319 g/mol. The van der Waals surface area contributed by atoms with E-state index in [0.29, 0.717) is 5.56 Å². The molecule has 3 amide bonds. The highest BCUT2D eigenvalue weighted by molar-refractivity contribution is 6.07. The van der Waals surface area contributed by atoms with E-state index in [1.807, 2.05) is 12.1 Å². The zero-order valence-corrected chi connectivity index (χ0v) is 14.0. The van der Waals surface area contributed by atoms with Gasteiger partial charge in [0.15, 0.2) is 0 Å². The number of carbonyl (C=O) groups is 2. The number of hydrogen-bond acceptors (Lipinski definition) is 2. The number of carbonyl (C=O) groups excluding carboxylic acids is 2. The lowest BCUT2D eigenvalue weighted by Crippen LogP contribution is -2.40. The van der Waals surface area contributed by atoms with Gasteiger partial charge >= 0.3 is 6.03 Å². The van der Waals surface area contributed by atoms with Crippen LogP contribution in [0, 0.1) is 5.82 Å². The number of benzene rings is 2. The molecule has 1 saturated heterocycles. The third-order valence-electron chi connectivity index (χ3n) is 5.20. The first-order valence-corrected chi connectivity index (χ1v) is 8.48. The number of halogens is 1. The molecule has 1 aliphatic carbocycles. The molecule has 2 aromatic rings. The van der Waals surface area contributed by atoms with E-state index in [4.69, 9.17) is 0 Å². The maximum absolute atomic E-state index is 13.0. The van der Waals surface area contributed by atoms with Gasteiger partial charge in [0.25, 0.3) is 5.91 Å². The van der Waals surface area contributed by atoms with Crippen molar-refractivity contribution in [3.63, 3.8) is 0 Å². The molecule has 0 radical (unpaired) electrons. The minimum absolute atomic E-state index is 0.130. The molecule has 2 aromatic carbocycles. The third kappa shape index (κ3) is 2.60. The van der Waals surface area contributed by atoms with Gasteiger partial charge in [0, 0.05) is 0 Å². The summed E-state index contributed by atoms with van der Waals surface area (Å²) in [5.41, 5.74) is 3.05. The predicted octanol–water partition coefficient (Wildman–Crippen LogP) is 3.28. The molecule has 2 aliphatic rings. The van der Waals surface area contributed by atoms with E-state index < -0.39 is 11.6 Å². The average Bonchev–Trinajstić information content (AvgIpc) is 3.15. The van der Waals surface area contributed by atoms with Gasteiger partial charge in [0.1, 0.15) is 11.4 Å². The van der Waals surface area contributed by atoms with Crippen LogP contribution in [-0.2, 0) is 29.7 Å². The van der Waals surface area contributed by atoms with Gasteiger partial charge in [-0.15, -0.1) is 0 Å². The minimum atomic E-state index is -1.06. The van der Waals surface area contributed by atoms with E-state index in [-0.39, 0.29) is 18.3 Å². The highest BCUT2D eigenvalue weighted by Crippen LogP contribution is 2.33. The van der Waals surface area contributed by atoms with Crippen LogP contribution in [0.4, 0.5) is 9.18 Å². The minimum Gasteiger partial charge on any atom is -0.319 e. The Balaban J connectivity index is 1.62. The smallest absolute Gasteiger partial charge is 0.319 e. The highest BCUT2D eigenvalue weighted by atomic mass is 19.1. The van der Waals surface area contributed by atoms with Gasteiger partial charge in [0.05, 0.1) is 6.54 Å². The summed E-state index contributed by atoms with van der Waals surface area (Å²) in [7, 11) is 0. The number of aryl methyl sites for hydroxylation is 2. The number of urea groups is 1. The summed E-state index contributed by atoms with van der Waals surface area (Å²) in [5.74, 6) is -0.622. The van der Waals surface area contributed by atoms with Crippen LogP contribution in [0.15, 0.2) is 42.5 Å². The summed E-state index contributed by atoms with van der Waals surface area (Å²) in [4.78, 5) is 26.6. The first-order valence-electron chi connectivity index (χ1n) is 8.48. The molecule has 0 bridgehead atoms. The fraction of sp³-hybridized carbons (Fsp3) is 0.300. The lowest BCUT2D eigenvalue weighted by Gasteiger charge is -2.23. The Morgan fingerprint density at radius 1 is 1.08 bits per heavy atom. The first kappa shape index (κ1) is 15.8. The number of nitrogens with zero attached hydrogens (tertiary/aromatic N) is 1. The summed E-state index contributed by atoms with van der Waals surface area (Å²) in [6.45, 7) is 1.88. The molecule has 0 aromatic heterocycles. The molecular formula is C20H19FN2O2. The Morgan fingerprint density at radius 2 is 1.80 bits per heavy atom. The summed E-state index contributed by atoms with van der Waals surface area (Å²) < 4.78 is 13.0. The summed E-state index contributed by atoms with van der Waals surface area (Å²) >= 11 is 0. The lowest BCUT2D eigenvalue weighted by molar-refractivity contribution is -0.131. The van der Waals surface area contributed by atoms with Gasteiger partial charge in [-0.3, -0.25) is 9.69 Å². The van der Waals surface area contributed by atoms with Crippen molar-refractivity contribution < 1.29 is 14.0 Å². The molecule has 0 spiro atoms. The topological polar surface area (TPSA) is 49.4 Å². The molecule has 4 rings (SSSR count). The van der Waals surface area contributed by atoms with Gasteiger partial charge in [-0.25, -0.2) is 9.18 Å².